The van der Waals surface area contributed by atoms with Crippen LogP contribution in [0.1, 0.15) is 13.2 Å². The average molecular weight is 143 g/mol. The number of hydrogen-bond donors (Lipinski definition) is 3. The Balaban J connectivity index is 3.10. The van der Waals surface area contributed by atoms with Crippen molar-refractivity contribution in [3.8, 4) is 0 Å². The fraction of sp³-hybridized carbons (Fsp3) is 0.500. The number of nitrogens with two attached hydrogens (primary N) is 2. The summed E-state index contributed by atoms with van der Waals surface area (Å²) in [6.07, 6.45) is -0.782. The number of aliphatic hydroxyl groups excluding tert-OH is 1. The van der Waals surface area contributed by atoms with Gasteiger partial charge in [0, 0.05) is 0 Å². The molecule has 1 rings (SSSR count). The molecule has 0 aliphatic heterocycles. The van der Waals surface area contributed by atoms with Gasteiger partial charge in [-0.15, -0.1) is 10.2 Å². The summed E-state index contributed by atoms with van der Waals surface area (Å²) in [5.41, 5.74) is 10.6. The number of hydrogen-bond acceptors (Lipinski definition) is 5. The second-order valence-corrected chi connectivity index (χ2v) is 1.92. The van der Waals surface area contributed by atoms with Crippen LogP contribution >= 0.6 is 0 Å². The van der Waals surface area contributed by atoms with Crippen LogP contribution in [-0.2, 0) is 0 Å². The minimum Gasteiger partial charge on any atom is -0.373 e. The molecule has 1 unspecified atom stereocenters. The maximum Gasteiger partial charge on any atom is 0.225 e. The molecular weight excluding hydrogens is 134 g/mol. The molecule has 0 aliphatic rings. The first-order valence-electron chi connectivity index (χ1n) is 2.77. The Bertz CT molecular complexity index is 210. The lowest BCUT2D eigenvalue weighted by molar-refractivity contribution is 0.129. The minimum atomic E-state index is -0.782. The third-order valence-corrected chi connectivity index (χ3v) is 1.12. The molecule has 1 aromatic heterocycles. The van der Waals surface area contributed by atoms with Gasteiger partial charge < -0.3 is 16.6 Å². The van der Waals surface area contributed by atoms with Crippen molar-refractivity contribution in [2.24, 2.45) is 0 Å². The van der Waals surface area contributed by atoms with E-state index >= 15 is 0 Å². The Kier molecular flexibility index (Phi) is 1.46. The van der Waals surface area contributed by atoms with Crippen LogP contribution in [0.15, 0.2) is 0 Å². The maximum absolute atomic E-state index is 9.00. The van der Waals surface area contributed by atoms with Gasteiger partial charge in [0.15, 0.2) is 0 Å². The molecule has 0 spiro atoms. The van der Waals surface area contributed by atoms with Gasteiger partial charge in [-0.2, -0.15) is 0 Å². The van der Waals surface area contributed by atoms with Gasteiger partial charge in [-0.05, 0) is 6.92 Å². The maximum atomic E-state index is 9.00. The smallest absolute Gasteiger partial charge is 0.225 e. The standard InChI is InChI=1S/C4H9N5O/c1-2(10)9-3(5)7-8-4(9)6/h2,10H,1H3,(H2,5,7)(H2,6,8). The molecule has 0 aromatic carbocycles. The molecule has 0 saturated heterocycles. The van der Waals surface area contributed by atoms with Crippen LogP contribution in [0.3, 0.4) is 0 Å². The summed E-state index contributed by atoms with van der Waals surface area (Å²) in [5, 5.41) is 15.9. The zero-order chi connectivity index (χ0) is 7.72. The van der Waals surface area contributed by atoms with E-state index in [4.69, 9.17) is 16.6 Å². The third-order valence-electron chi connectivity index (χ3n) is 1.12. The molecule has 1 heterocycles. The lowest BCUT2D eigenvalue weighted by Gasteiger charge is -2.06. The van der Waals surface area contributed by atoms with Crippen LogP contribution in [-0.4, -0.2) is 19.9 Å². The van der Waals surface area contributed by atoms with Gasteiger partial charge in [0.1, 0.15) is 6.23 Å². The SMILES string of the molecule is CC(O)n1c(N)nnc1N. The van der Waals surface area contributed by atoms with Crippen LogP contribution in [0.4, 0.5) is 11.9 Å². The number of nitrogens with zero attached hydrogens (tertiary/aromatic N) is 3. The summed E-state index contributed by atoms with van der Waals surface area (Å²) in [6.45, 7) is 1.52. The van der Waals surface area contributed by atoms with Crippen molar-refractivity contribution in [1.29, 1.82) is 0 Å². The first-order valence-corrected chi connectivity index (χ1v) is 2.77. The van der Waals surface area contributed by atoms with E-state index in [9.17, 15) is 0 Å². The summed E-state index contributed by atoms with van der Waals surface area (Å²) in [4.78, 5) is 0. The van der Waals surface area contributed by atoms with E-state index in [1.807, 2.05) is 0 Å². The number of aliphatic hydroxyl groups is 1. The highest BCUT2D eigenvalue weighted by Crippen LogP contribution is 2.11. The lowest BCUT2D eigenvalue weighted by atomic mass is 10.6. The molecular formula is C4H9N5O. The second kappa shape index (κ2) is 2.14. The molecule has 0 radical (unpaired) electrons. The summed E-state index contributed by atoms with van der Waals surface area (Å²) >= 11 is 0. The topological polar surface area (TPSA) is 103 Å². The van der Waals surface area contributed by atoms with Crippen LogP contribution < -0.4 is 11.5 Å². The fourth-order valence-electron chi connectivity index (χ4n) is 0.699. The van der Waals surface area contributed by atoms with Crippen molar-refractivity contribution in [1.82, 2.24) is 14.8 Å². The molecule has 6 nitrogen and oxygen atoms in total. The Morgan fingerprint density at radius 2 is 1.80 bits per heavy atom. The normalized spacial score (nSPS) is 13.4. The van der Waals surface area contributed by atoms with Gasteiger partial charge in [-0.25, -0.2) is 0 Å². The summed E-state index contributed by atoms with van der Waals surface area (Å²) in [6, 6.07) is 0. The van der Waals surface area contributed by atoms with Crippen LogP contribution in [0, 0.1) is 0 Å². The molecule has 0 saturated carbocycles. The highest BCUT2D eigenvalue weighted by Gasteiger charge is 2.08. The first-order chi connectivity index (χ1) is 4.63. The molecule has 1 atom stereocenters. The zero-order valence-electron chi connectivity index (χ0n) is 5.52. The monoisotopic (exact) mass is 143 g/mol. The van der Waals surface area contributed by atoms with Crippen molar-refractivity contribution in [3.63, 3.8) is 0 Å². The molecule has 10 heavy (non-hydrogen) atoms. The van der Waals surface area contributed by atoms with E-state index in [2.05, 4.69) is 10.2 Å². The van der Waals surface area contributed by atoms with Crippen molar-refractivity contribution in [2.75, 3.05) is 11.5 Å². The van der Waals surface area contributed by atoms with Crippen molar-refractivity contribution in [3.05, 3.63) is 0 Å². The lowest BCUT2D eigenvalue weighted by Crippen LogP contribution is -2.10. The Hall–Kier alpha value is -1.30. The van der Waals surface area contributed by atoms with Crippen LogP contribution in [0.5, 0.6) is 0 Å². The predicted molar refractivity (Wildman–Crippen MR) is 35.8 cm³/mol. The molecule has 0 fully saturated rings. The molecule has 56 valence electrons. The number of anilines is 2. The summed E-state index contributed by atoms with van der Waals surface area (Å²) in [5.74, 6) is 0.236. The fourth-order valence-corrected chi connectivity index (χ4v) is 0.699. The highest BCUT2D eigenvalue weighted by molar-refractivity contribution is 5.28. The van der Waals surface area contributed by atoms with Gasteiger partial charge in [-0.1, -0.05) is 0 Å². The van der Waals surface area contributed by atoms with E-state index in [0.717, 1.165) is 0 Å². The first kappa shape index (κ1) is 6.81. The van der Waals surface area contributed by atoms with Crippen molar-refractivity contribution >= 4 is 11.9 Å². The second-order valence-electron chi connectivity index (χ2n) is 1.92. The molecule has 6 heteroatoms. The largest absolute Gasteiger partial charge is 0.373 e. The number of rotatable bonds is 1. The number of nitrogen functional groups attached to an aromatic ring is 2. The molecule has 0 bridgehead atoms. The van der Waals surface area contributed by atoms with Crippen molar-refractivity contribution in [2.45, 2.75) is 13.2 Å². The van der Waals surface area contributed by atoms with Gasteiger partial charge in [-0.3, -0.25) is 4.57 Å². The Labute approximate surface area is 57.5 Å². The molecule has 1 aromatic rings. The van der Waals surface area contributed by atoms with E-state index in [-0.39, 0.29) is 11.9 Å². The van der Waals surface area contributed by atoms with Gasteiger partial charge in [0.25, 0.3) is 0 Å². The molecule has 0 aliphatic carbocycles. The van der Waals surface area contributed by atoms with Gasteiger partial charge >= 0.3 is 0 Å². The Morgan fingerprint density at radius 3 is 2.00 bits per heavy atom. The third kappa shape index (κ3) is 0.883. The summed E-state index contributed by atoms with van der Waals surface area (Å²) < 4.78 is 1.22. The Morgan fingerprint density at radius 1 is 1.40 bits per heavy atom. The minimum absolute atomic E-state index is 0.118. The van der Waals surface area contributed by atoms with E-state index < -0.39 is 6.23 Å². The van der Waals surface area contributed by atoms with Crippen LogP contribution in [0.2, 0.25) is 0 Å². The average Bonchev–Trinajstić information content (AvgIpc) is 2.11. The molecule has 5 N–H and O–H groups in total. The van der Waals surface area contributed by atoms with E-state index in [1.165, 1.54) is 11.5 Å². The summed E-state index contributed by atoms with van der Waals surface area (Å²) in [7, 11) is 0. The zero-order valence-corrected chi connectivity index (χ0v) is 5.52. The van der Waals surface area contributed by atoms with Gasteiger partial charge in [0.2, 0.25) is 11.9 Å². The van der Waals surface area contributed by atoms with E-state index in [1.54, 1.807) is 0 Å². The quantitative estimate of drug-likeness (QED) is 0.465. The molecule has 0 amide bonds. The predicted octanol–water partition coefficient (Wildman–Crippen LogP) is -1.05. The van der Waals surface area contributed by atoms with Gasteiger partial charge in [0.05, 0.1) is 0 Å². The highest BCUT2D eigenvalue weighted by atomic mass is 16.3. The van der Waals surface area contributed by atoms with Crippen molar-refractivity contribution < 1.29 is 5.11 Å². The van der Waals surface area contributed by atoms with E-state index in [0.29, 0.717) is 0 Å². The number of aromatic nitrogens is 3. The van der Waals surface area contributed by atoms with Crippen LogP contribution in [0.25, 0.3) is 0 Å².